The second-order valence-electron chi connectivity index (χ2n) is 6.21. The molecule has 2 rings (SSSR count). The first kappa shape index (κ1) is 18.3. The van der Waals surface area contributed by atoms with Gasteiger partial charge < -0.3 is 26.0 Å². The molecule has 0 spiro atoms. The molecule has 0 saturated carbocycles. The molecule has 130 valence electrons. The monoisotopic (exact) mass is 366 g/mol. The molecule has 9 heteroatoms. The van der Waals surface area contributed by atoms with Gasteiger partial charge in [0.15, 0.2) is 5.60 Å². The zero-order valence-corrected chi connectivity index (χ0v) is 14.3. The van der Waals surface area contributed by atoms with Gasteiger partial charge in [-0.05, 0) is 20.3 Å². The first-order valence-corrected chi connectivity index (χ1v) is 8.12. The number of aliphatic hydroxyl groups excluding tert-OH is 2. The summed E-state index contributed by atoms with van der Waals surface area (Å²) in [5.41, 5.74) is 4.19. The summed E-state index contributed by atoms with van der Waals surface area (Å²) in [4.78, 5) is 23.2. The molecule has 1 fully saturated rings. The Morgan fingerprint density at radius 1 is 1.52 bits per heavy atom. The molecule has 23 heavy (non-hydrogen) atoms. The van der Waals surface area contributed by atoms with Gasteiger partial charge in [0, 0.05) is 12.3 Å². The minimum Gasteiger partial charge on any atom is -0.512 e. The van der Waals surface area contributed by atoms with E-state index in [4.69, 9.17) is 33.7 Å². The summed E-state index contributed by atoms with van der Waals surface area (Å²) in [7, 11) is 0. The molecule has 0 aromatic carbocycles. The minimum absolute atomic E-state index is 0.0386. The molecule has 7 nitrogen and oxygen atoms in total. The molecule has 0 aromatic heterocycles. The second kappa shape index (κ2) is 6.47. The number of alkyl halides is 2. The first-order chi connectivity index (χ1) is 10.6. The maximum atomic E-state index is 12.3. The smallest absolute Gasteiger partial charge is 0.338 e. The number of esters is 1. The lowest BCUT2D eigenvalue weighted by Gasteiger charge is -2.48. The highest BCUT2D eigenvalue weighted by Crippen LogP contribution is 2.44. The number of nitrogens with one attached hydrogen (secondary N) is 1. The number of halogens is 2. The fourth-order valence-electron chi connectivity index (χ4n) is 3.04. The van der Waals surface area contributed by atoms with Crippen molar-refractivity contribution in [2.24, 2.45) is 11.7 Å². The summed E-state index contributed by atoms with van der Waals surface area (Å²) >= 11 is 12.0. The van der Waals surface area contributed by atoms with Crippen LogP contribution in [0, 0.1) is 5.92 Å². The Kier molecular flexibility index (Phi) is 5.15. The fourth-order valence-corrected chi connectivity index (χ4v) is 3.40. The maximum absolute atomic E-state index is 12.3. The number of hydrogen-bond acceptors (Lipinski definition) is 6. The van der Waals surface area contributed by atoms with Gasteiger partial charge in [0.05, 0.1) is 23.8 Å². The summed E-state index contributed by atoms with van der Waals surface area (Å²) in [6, 6.07) is -1.62. The lowest BCUT2D eigenvalue weighted by atomic mass is 9.72. The first-order valence-electron chi connectivity index (χ1n) is 7.25. The number of carbonyl (C=O) groups is 2. The van der Waals surface area contributed by atoms with Gasteiger partial charge in [0.2, 0.25) is 5.91 Å². The number of aliphatic hydroxyl groups is 2. The Balaban J connectivity index is 2.47. The van der Waals surface area contributed by atoms with Gasteiger partial charge in [-0.3, -0.25) is 4.79 Å². The van der Waals surface area contributed by atoms with Crippen LogP contribution in [-0.2, 0) is 14.3 Å². The van der Waals surface area contributed by atoms with Gasteiger partial charge in [-0.1, -0.05) is 0 Å². The largest absolute Gasteiger partial charge is 0.512 e. The van der Waals surface area contributed by atoms with Crippen LogP contribution in [0.1, 0.15) is 26.7 Å². The number of cyclic esters (lactones) is 1. The quantitative estimate of drug-likeness (QED) is 0.426. The van der Waals surface area contributed by atoms with Gasteiger partial charge >= 0.3 is 5.97 Å². The van der Waals surface area contributed by atoms with E-state index in [-0.39, 0.29) is 24.2 Å². The summed E-state index contributed by atoms with van der Waals surface area (Å²) < 4.78 is 5.35. The third-order valence-electron chi connectivity index (χ3n) is 4.33. The van der Waals surface area contributed by atoms with Crippen LogP contribution in [0.3, 0.4) is 0 Å². The lowest BCUT2D eigenvalue weighted by molar-refractivity contribution is -0.167. The van der Waals surface area contributed by atoms with E-state index in [1.807, 2.05) is 0 Å². The molecule has 5 N–H and O–H groups in total. The number of ether oxygens (including phenoxy) is 1. The van der Waals surface area contributed by atoms with Crippen LogP contribution in [0.25, 0.3) is 0 Å². The van der Waals surface area contributed by atoms with Crippen molar-refractivity contribution in [3.05, 3.63) is 11.3 Å². The van der Waals surface area contributed by atoms with Crippen molar-refractivity contribution in [1.29, 1.82) is 0 Å². The highest BCUT2D eigenvalue weighted by atomic mass is 35.5. The van der Waals surface area contributed by atoms with Crippen molar-refractivity contribution in [3.8, 4) is 0 Å². The molecule has 5 atom stereocenters. The third kappa shape index (κ3) is 3.28. The number of fused-ring (bicyclic) bond motifs is 1. The average molecular weight is 367 g/mol. The van der Waals surface area contributed by atoms with Gasteiger partial charge in [-0.25, -0.2) is 4.79 Å². The van der Waals surface area contributed by atoms with Crippen molar-refractivity contribution >= 4 is 35.1 Å². The molecule has 1 amide bonds. The van der Waals surface area contributed by atoms with Crippen LogP contribution in [0.2, 0.25) is 0 Å². The van der Waals surface area contributed by atoms with Crippen molar-refractivity contribution in [2.45, 2.75) is 55.3 Å². The van der Waals surface area contributed by atoms with Crippen LogP contribution in [0.4, 0.5) is 0 Å². The molecule has 5 unspecified atom stereocenters. The Morgan fingerprint density at radius 2 is 2.13 bits per heavy atom. The van der Waals surface area contributed by atoms with E-state index in [9.17, 15) is 19.8 Å². The highest BCUT2D eigenvalue weighted by molar-refractivity contribution is 6.45. The van der Waals surface area contributed by atoms with Gasteiger partial charge in [0.1, 0.15) is 10.6 Å². The normalized spacial score (nSPS) is 35.6. The van der Waals surface area contributed by atoms with Crippen LogP contribution >= 0.6 is 23.2 Å². The number of nitrogens with two attached hydrogens (primary N) is 1. The summed E-state index contributed by atoms with van der Waals surface area (Å²) in [5, 5.41) is 22.6. The molecule has 0 radical (unpaired) electrons. The number of rotatable bonds is 3. The van der Waals surface area contributed by atoms with E-state index < -0.39 is 46.4 Å². The Labute approximate surface area is 143 Å². The van der Waals surface area contributed by atoms with Gasteiger partial charge in [-0.15, -0.1) is 23.2 Å². The predicted molar refractivity (Wildman–Crippen MR) is 84.0 cm³/mol. The van der Waals surface area contributed by atoms with Crippen LogP contribution < -0.4 is 11.1 Å². The SMILES string of the molecule is CC(N)C(=O)NC1C2CC(O)CC(O)=C2C(=O)OC1(C)C(Cl)Cl. The molecule has 0 aromatic rings. The molecular weight excluding hydrogens is 347 g/mol. The molecule has 1 aliphatic carbocycles. The van der Waals surface area contributed by atoms with E-state index in [1.165, 1.54) is 13.8 Å². The molecule has 1 saturated heterocycles. The average Bonchev–Trinajstić information content (AvgIpc) is 2.41. The molecule has 1 heterocycles. The van der Waals surface area contributed by atoms with E-state index in [0.29, 0.717) is 0 Å². The Morgan fingerprint density at radius 3 is 2.65 bits per heavy atom. The van der Waals surface area contributed by atoms with E-state index in [2.05, 4.69) is 5.32 Å². The summed E-state index contributed by atoms with van der Waals surface area (Å²) in [6.07, 6.45) is -0.733. The van der Waals surface area contributed by atoms with E-state index in [1.54, 1.807) is 0 Å². The minimum atomic E-state index is -1.42. The fraction of sp³-hybridized carbons (Fsp3) is 0.714. The van der Waals surface area contributed by atoms with Crippen LogP contribution in [0.15, 0.2) is 11.3 Å². The molecular formula is C14H20Cl2N2O5. The number of amides is 1. The van der Waals surface area contributed by atoms with Crippen LogP contribution in [0.5, 0.6) is 0 Å². The van der Waals surface area contributed by atoms with Crippen molar-refractivity contribution < 1.29 is 24.5 Å². The Bertz CT molecular complexity index is 551. The molecule has 2 aliphatic rings. The maximum Gasteiger partial charge on any atom is 0.338 e. The zero-order chi connectivity index (χ0) is 17.5. The number of hydrogen-bond donors (Lipinski definition) is 4. The summed E-state index contributed by atoms with van der Waals surface area (Å²) in [5.74, 6) is -2.15. The second-order valence-corrected chi connectivity index (χ2v) is 7.31. The van der Waals surface area contributed by atoms with Crippen molar-refractivity contribution in [3.63, 3.8) is 0 Å². The lowest BCUT2D eigenvalue weighted by Crippen LogP contribution is -2.66. The van der Waals surface area contributed by atoms with E-state index in [0.717, 1.165) is 0 Å². The van der Waals surface area contributed by atoms with Gasteiger partial charge in [0.25, 0.3) is 0 Å². The van der Waals surface area contributed by atoms with Gasteiger partial charge in [-0.2, -0.15) is 0 Å². The van der Waals surface area contributed by atoms with E-state index >= 15 is 0 Å². The van der Waals surface area contributed by atoms with Crippen molar-refractivity contribution in [2.75, 3.05) is 0 Å². The topological polar surface area (TPSA) is 122 Å². The number of carbonyl (C=O) groups excluding carboxylic acids is 2. The highest BCUT2D eigenvalue weighted by Gasteiger charge is 2.56. The Hall–Kier alpha value is -1.02. The van der Waals surface area contributed by atoms with Crippen molar-refractivity contribution in [1.82, 2.24) is 5.32 Å². The zero-order valence-electron chi connectivity index (χ0n) is 12.8. The summed E-state index contributed by atoms with van der Waals surface area (Å²) in [6.45, 7) is 3.00. The molecule has 1 aliphatic heterocycles. The molecule has 0 bridgehead atoms. The third-order valence-corrected chi connectivity index (χ3v) is 5.20. The van der Waals surface area contributed by atoms with Crippen LogP contribution in [-0.4, -0.2) is 50.7 Å². The predicted octanol–water partition coefficient (Wildman–Crippen LogP) is 0.521. The standard InChI is InChI=1S/C14H20Cl2N2O5/c1-5(17)11(21)18-10-7-3-6(19)4-8(20)9(7)12(22)23-14(10,2)13(15)16/h5-7,10,13,19-20H,3-4,17H2,1-2H3,(H,18,21).